The number of ether oxygens (including phenoxy) is 2. The molecule has 0 aromatic carbocycles. The number of rotatable bonds is 13. The van der Waals surface area contributed by atoms with E-state index < -0.39 is 91.7 Å². The van der Waals surface area contributed by atoms with E-state index in [0.717, 1.165) is 17.2 Å². The third kappa shape index (κ3) is 12.6. The van der Waals surface area contributed by atoms with Crippen molar-refractivity contribution in [3.63, 3.8) is 0 Å². The minimum Gasteiger partial charge on any atom is -0.790 e. The Labute approximate surface area is 382 Å². The van der Waals surface area contributed by atoms with Gasteiger partial charge >= 0.3 is 118 Å². The second kappa shape index (κ2) is 20.8. The van der Waals surface area contributed by atoms with E-state index in [0.29, 0.717) is 0 Å². The van der Waals surface area contributed by atoms with Crippen LogP contribution in [0.4, 0.5) is 5.82 Å². The number of aliphatic hydroxyl groups excluding tert-OH is 3. The molecule has 5 heterocycles. The Morgan fingerprint density at radius 2 is 1.48 bits per heavy atom. The molecule has 7 N–H and O–H groups in total. The molecule has 0 aliphatic carbocycles. The molecule has 0 spiro atoms. The molecule has 24 nitrogen and oxygen atoms in total. The monoisotopic (exact) mass is 833 g/mol. The number of allylic oxidation sites excluding steroid dienone is 1. The smallest absolute Gasteiger partial charge is 0.790 e. The van der Waals surface area contributed by atoms with Gasteiger partial charge in [-0.3, -0.25) is 18.5 Å². The summed E-state index contributed by atoms with van der Waals surface area (Å²) in [5, 5.41) is 31.4. The number of fused-ring (bicyclic) bond motifs is 1. The number of amides is 1. The molecule has 6 unspecified atom stereocenters. The molecule has 31 heteroatoms. The molecular weight excluding hydrogens is 807 g/mol. The fourth-order valence-electron chi connectivity index (χ4n) is 4.91. The summed E-state index contributed by atoms with van der Waals surface area (Å²) in [6, 6.07) is 0. The van der Waals surface area contributed by atoms with Gasteiger partial charge in [-0.05, 0) is 6.42 Å². The van der Waals surface area contributed by atoms with Gasteiger partial charge in [0.25, 0.3) is 15.6 Å². The number of nitrogens with zero attached hydrogens (tertiary/aromatic N) is 5. The first-order chi connectivity index (χ1) is 22.4. The van der Waals surface area contributed by atoms with Gasteiger partial charge in [0.2, 0.25) is 5.91 Å². The molecule has 10 atom stereocenters. The Balaban J connectivity index is 0.00000338. The second-order valence-electron chi connectivity index (χ2n) is 10.3. The second-order valence-corrected chi connectivity index (χ2v) is 14.4. The quantitative estimate of drug-likeness (QED) is 0.0924. The number of phosphoric acid groups is 3. The van der Waals surface area contributed by atoms with Gasteiger partial charge in [-0.15, -0.1) is 0 Å². The predicted molar refractivity (Wildman–Crippen MR) is 144 cm³/mol. The van der Waals surface area contributed by atoms with E-state index >= 15 is 0 Å². The summed E-state index contributed by atoms with van der Waals surface area (Å²) in [4.78, 5) is 71.8. The van der Waals surface area contributed by atoms with Gasteiger partial charge in [-0.2, -0.15) is 0 Å². The predicted octanol–water partition coefficient (Wildman–Crippen LogP) is -17.1. The van der Waals surface area contributed by atoms with E-state index in [4.69, 9.17) is 20.9 Å². The van der Waals surface area contributed by atoms with Gasteiger partial charge in [0, 0.05) is 18.0 Å². The maximum atomic E-state index is 12.4. The minimum atomic E-state index is -5.86. The standard InChI is InChI=1S/C21H30N7O17P3.4Na/c22-17-12-19(25-7-24-17)28(8-26-12)21-16(44-46(33,34)35)14(30)11(43-21)6-41-48(38,39)45-47(36,37)40-5-10-13(29)15(31)20(42-10)27-3-1-2-9(4-27)18(23)32;;;;/h1,3-4,7-8,10-11,13-16,20-21,29-31H,2,5-6H2,(H2,23,32)(H,36,37)(H,38,39)(H2,22,24,25)(H2,33,34,35);;;;/q;4*+1/p-4/t10?,11-,13?,14-,15?,16-,20?,21-;;;;/m1..../s1. The van der Waals surface area contributed by atoms with Crippen LogP contribution in [0.5, 0.6) is 0 Å². The molecular formula is C21H26N7Na4O17P3. The Morgan fingerprint density at radius 1 is 0.904 bits per heavy atom. The molecule has 0 radical (unpaired) electrons. The Hall–Kier alpha value is 1.27. The molecule has 52 heavy (non-hydrogen) atoms. The van der Waals surface area contributed by atoms with Crippen molar-refractivity contribution in [3.05, 3.63) is 36.7 Å². The summed E-state index contributed by atoms with van der Waals surface area (Å²) >= 11 is 0. The number of aromatic nitrogens is 4. The van der Waals surface area contributed by atoms with Crippen LogP contribution in [0.2, 0.25) is 0 Å². The van der Waals surface area contributed by atoms with E-state index in [2.05, 4.69) is 32.8 Å². The molecule has 266 valence electrons. The molecule has 3 aliphatic heterocycles. The van der Waals surface area contributed by atoms with E-state index in [1.165, 1.54) is 23.4 Å². The van der Waals surface area contributed by atoms with Crippen molar-refractivity contribution in [2.24, 2.45) is 5.73 Å². The number of carbonyl (C=O) groups excluding carboxylic acids is 1. The summed E-state index contributed by atoms with van der Waals surface area (Å²) in [5.74, 6) is -0.849. The maximum Gasteiger partial charge on any atom is 1.00 e. The Morgan fingerprint density at radius 3 is 2.06 bits per heavy atom. The number of carbonyl (C=O) groups is 1. The molecule has 2 aromatic heterocycles. The molecule has 2 saturated heterocycles. The van der Waals surface area contributed by atoms with Crippen molar-refractivity contribution in [3.8, 4) is 0 Å². The third-order valence-electron chi connectivity index (χ3n) is 7.09. The van der Waals surface area contributed by atoms with Crippen LogP contribution in [0.15, 0.2) is 36.7 Å². The number of nitrogens with two attached hydrogens (primary N) is 2. The zero-order valence-electron chi connectivity index (χ0n) is 27.9. The van der Waals surface area contributed by atoms with Crippen molar-refractivity contribution in [2.75, 3.05) is 18.9 Å². The number of aliphatic hydroxyl groups is 3. The van der Waals surface area contributed by atoms with E-state index in [1.807, 2.05) is 0 Å². The number of phosphoric ester groups is 3. The first-order valence-corrected chi connectivity index (χ1v) is 17.8. The zero-order chi connectivity index (χ0) is 35.2. The number of hydrogen-bond acceptors (Lipinski definition) is 22. The molecule has 2 fully saturated rings. The summed E-state index contributed by atoms with van der Waals surface area (Å²) < 4.78 is 65.6. The van der Waals surface area contributed by atoms with Crippen LogP contribution in [0, 0.1) is 0 Å². The first-order valence-electron chi connectivity index (χ1n) is 13.4. The van der Waals surface area contributed by atoms with Crippen LogP contribution in [-0.4, -0.2) is 102 Å². The van der Waals surface area contributed by atoms with Crippen molar-refractivity contribution >= 4 is 46.4 Å². The summed E-state index contributed by atoms with van der Waals surface area (Å²) in [6.45, 7) is -2.26. The van der Waals surface area contributed by atoms with Crippen LogP contribution in [0.25, 0.3) is 11.2 Å². The van der Waals surface area contributed by atoms with Crippen molar-refractivity contribution in [2.45, 2.75) is 55.5 Å². The van der Waals surface area contributed by atoms with Gasteiger partial charge < -0.3 is 78.9 Å². The van der Waals surface area contributed by atoms with Gasteiger partial charge in [-0.1, -0.05) is 6.08 Å². The molecule has 1 amide bonds. The minimum absolute atomic E-state index is 0. The van der Waals surface area contributed by atoms with Crippen LogP contribution in [0.3, 0.4) is 0 Å². The molecule has 5 rings (SSSR count). The average molecular weight is 833 g/mol. The fraction of sp³-hybridized carbons (Fsp3) is 0.524. The summed E-state index contributed by atoms with van der Waals surface area (Å²) in [7, 11) is -17.4. The SMILES string of the molecule is NC(=O)C1=CN(C2OC(COP(=O)([O-])OP(=O)([O-])OC[C@H]3O[C@@H](n4cnc5c(N)ncnc54)[C@H](OP(=O)([O-])[O-])[C@@H]3O)C(O)C2O)C=CC1.[Na+].[Na+].[Na+].[Na+]. The van der Waals surface area contributed by atoms with Gasteiger partial charge in [0.1, 0.15) is 48.5 Å². The topological polar surface area (TPSA) is 375 Å². The summed E-state index contributed by atoms with van der Waals surface area (Å²) in [6.07, 6.45) is -7.38. The number of nitrogen functional groups attached to an aromatic ring is 1. The van der Waals surface area contributed by atoms with E-state index in [-0.39, 0.29) is 147 Å². The first kappa shape index (κ1) is 51.3. The molecule has 2 aromatic rings. The van der Waals surface area contributed by atoms with Gasteiger partial charge in [0.05, 0.1) is 27.4 Å². The van der Waals surface area contributed by atoms with Gasteiger partial charge in [-0.25, -0.2) is 19.3 Å². The van der Waals surface area contributed by atoms with Crippen molar-refractivity contribution < 1.29 is 199 Å². The molecule has 0 saturated carbocycles. The largest absolute Gasteiger partial charge is 1.00 e. The van der Waals surface area contributed by atoms with Crippen LogP contribution in [0.1, 0.15) is 12.6 Å². The summed E-state index contributed by atoms with van der Waals surface area (Å²) in [5.41, 5.74) is 11.1. The fourth-order valence-corrected chi connectivity index (χ4v) is 7.45. The molecule has 0 bridgehead atoms. The number of imidazole rings is 1. The Kier molecular flexibility index (Phi) is 20.5. The number of primary amides is 1. The van der Waals surface area contributed by atoms with Crippen molar-refractivity contribution in [1.82, 2.24) is 24.4 Å². The van der Waals surface area contributed by atoms with Crippen LogP contribution >= 0.6 is 23.5 Å². The zero-order valence-corrected chi connectivity index (χ0v) is 38.6. The average Bonchev–Trinajstić information content (AvgIpc) is 3.64. The Bertz CT molecular complexity index is 1760. The maximum absolute atomic E-state index is 12.4. The third-order valence-corrected chi connectivity index (χ3v) is 10.1. The number of hydrogen-bond donors (Lipinski definition) is 5. The number of anilines is 1. The molecule has 3 aliphatic rings. The van der Waals surface area contributed by atoms with E-state index in [9.17, 15) is 53.4 Å². The normalized spacial score (nSPS) is 29.4. The van der Waals surface area contributed by atoms with E-state index in [1.54, 1.807) is 0 Å². The van der Waals surface area contributed by atoms with Crippen LogP contribution < -0.4 is 149 Å². The van der Waals surface area contributed by atoms with Crippen LogP contribution in [-0.2, 0) is 45.8 Å². The van der Waals surface area contributed by atoms with Gasteiger partial charge in [0.15, 0.2) is 23.9 Å². The van der Waals surface area contributed by atoms with Crippen molar-refractivity contribution in [1.29, 1.82) is 0 Å².